The summed E-state index contributed by atoms with van der Waals surface area (Å²) in [4.78, 5) is 74.2. The first-order valence-corrected chi connectivity index (χ1v) is 20.6. The molecule has 3 N–H and O–H groups in total. The number of aromatic nitrogens is 1. The van der Waals surface area contributed by atoms with E-state index in [4.69, 9.17) is 14.2 Å². The number of fused-ring (bicyclic) bond motifs is 1. The molecule has 0 bridgehead atoms. The van der Waals surface area contributed by atoms with Gasteiger partial charge in [0, 0.05) is 35.9 Å². The lowest BCUT2D eigenvalue weighted by Crippen LogP contribution is -2.58. The first-order valence-electron chi connectivity index (χ1n) is 19.0. The zero-order valence-electron chi connectivity index (χ0n) is 32.8. The molecule has 1 aromatic heterocycles. The van der Waals surface area contributed by atoms with Crippen molar-refractivity contribution in [3.8, 4) is 23.5 Å². The molecule has 1 aliphatic heterocycles. The zero-order chi connectivity index (χ0) is 41.8. The largest absolute Gasteiger partial charge is 0.497 e. The van der Waals surface area contributed by atoms with Crippen molar-refractivity contribution in [1.29, 1.82) is 0 Å². The molecule has 0 spiro atoms. The minimum Gasteiger partial charge on any atom is -0.497 e. The van der Waals surface area contributed by atoms with Crippen molar-refractivity contribution in [3.05, 3.63) is 79.0 Å². The number of amides is 4. The highest BCUT2D eigenvalue weighted by Crippen LogP contribution is 2.45. The van der Waals surface area contributed by atoms with Crippen LogP contribution in [0.15, 0.2) is 73.4 Å². The monoisotopic (exact) mass is 813 g/mol. The molecule has 0 unspecified atom stereocenters. The minimum absolute atomic E-state index is 0.0662. The number of ether oxygens (including phenoxy) is 3. The van der Waals surface area contributed by atoms with E-state index >= 15 is 0 Å². The molecule has 16 heteroatoms. The summed E-state index contributed by atoms with van der Waals surface area (Å²) in [5.41, 5.74) is -1.92. The summed E-state index contributed by atoms with van der Waals surface area (Å²) in [6.07, 6.45) is 1.76. The van der Waals surface area contributed by atoms with Crippen molar-refractivity contribution in [2.24, 2.45) is 5.92 Å². The quantitative estimate of drug-likeness (QED) is 0.159. The molecule has 306 valence electrons. The number of methoxy groups -OCH3 is 1. The molecule has 2 aliphatic carbocycles. The van der Waals surface area contributed by atoms with Crippen LogP contribution in [0.25, 0.3) is 10.8 Å². The molecule has 6 rings (SSSR count). The Balaban J connectivity index is 1.28. The van der Waals surface area contributed by atoms with Gasteiger partial charge in [0.05, 0.1) is 18.9 Å². The van der Waals surface area contributed by atoms with Gasteiger partial charge in [-0.15, -0.1) is 6.58 Å². The Hall–Kier alpha value is -5.95. The smallest absolute Gasteiger partial charge is 0.408 e. The van der Waals surface area contributed by atoms with Gasteiger partial charge in [-0.05, 0) is 94.2 Å². The minimum atomic E-state index is -3.95. The third kappa shape index (κ3) is 9.94. The fraction of sp³-hybridized carbons (Fsp3) is 0.429. The van der Waals surface area contributed by atoms with E-state index in [1.807, 2.05) is 12.1 Å². The normalized spacial score (nSPS) is 21.7. The third-order valence-corrected chi connectivity index (χ3v) is 11.9. The molecule has 58 heavy (non-hydrogen) atoms. The molecular formula is C42H47N5O10S. The van der Waals surface area contributed by atoms with E-state index in [2.05, 4.69) is 38.8 Å². The van der Waals surface area contributed by atoms with E-state index in [1.165, 1.54) is 11.0 Å². The Morgan fingerprint density at radius 3 is 2.48 bits per heavy atom. The number of likely N-dealkylation sites (tertiary alicyclic amines) is 1. The van der Waals surface area contributed by atoms with Gasteiger partial charge < -0.3 is 29.7 Å². The average molecular weight is 814 g/mol. The summed E-state index contributed by atoms with van der Waals surface area (Å²) in [5.74, 6) is 2.80. The van der Waals surface area contributed by atoms with Crippen LogP contribution in [0.1, 0.15) is 64.9 Å². The lowest BCUT2D eigenvalue weighted by atomic mass is 10.1. The second-order valence-electron chi connectivity index (χ2n) is 15.6. The van der Waals surface area contributed by atoms with Gasteiger partial charge in [0.25, 0.3) is 5.91 Å². The van der Waals surface area contributed by atoms with Gasteiger partial charge in [-0.3, -0.25) is 23.9 Å². The van der Waals surface area contributed by atoms with Crippen LogP contribution in [0.3, 0.4) is 0 Å². The Kier molecular flexibility index (Phi) is 12.1. The van der Waals surface area contributed by atoms with Gasteiger partial charge in [0.15, 0.2) is 0 Å². The number of rotatable bonds is 14. The zero-order valence-corrected chi connectivity index (χ0v) is 33.6. The van der Waals surface area contributed by atoms with Crippen molar-refractivity contribution >= 4 is 50.4 Å². The molecule has 3 fully saturated rings. The number of sulfonamides is 1. The summed E-state index contributed by atoms with van der Waals surface area (Å²) >= 11 is 0. The van der Waals surface area contributed by atoms with Crippen molar-refractivity contribution in [2.75, 3.05) is 13.7 Å². The number of ketones is 1. The highest BCUT2D eigenvalue weighted by molar-refractivity contribution is 7.91. The van der Waals surface area contributed by atoms with Crippen LogP contribution in [0, 0.1) is 17.8 Å². The highest BCUT2D eigenvalue weighted by atomic mass is 32.2. The van der Waals surface area contributed by atoms with E-state index in [-0.39, 0.29) is 38.1 Å². The number of Topliss-reactive ketones (excluding diaryl/α,β-unsaturated/α-hetero) is 1. The summed E-state index contributed by atoms with van der Waals surface area (Å²) in [7, 11) is -2.40. The molecule has 3 aromatic rings. The number of carbonyl (C=O) groups is 5. The molecular weight excluding hydrogens is 767 g/mol. The third-order valence-electron chi connectivity index (χ3n) is 10.1. The van der Waals surface area contributed by atoms with Crippen LogP contribution < -0.4 is 24.8 Å². The first-order chi connectivity index (χ1) is 27.5. The highest BCUT2D eigenvalue weighted by Gasteiger charge is 2.62. The van der Waals surface area contributed by atoms with E-state index in [0.29, 0.717) is 29.5 Å². The van der Waals surface area contributed by atoms with Crippen LogP contribution in [0.2, 0.25) is 0 Å². The van der Waals surface area contributed by atoms with Crippen LogP contribution in [0.4, 0.5) is 4.79 Å². The van der Waals surface area contributed by atoms with Crippen LogP contribution >= 0.6 is 0 Å². The number of benzene rings is 2. The molecule has 2 aromatic carbocycles. The fourth-order valence-corrected chi connectivity index (χ4v) is 8.17. The van der Waals surface area contributed by atoms with Gasteiger partial charge >= 0.3 is 6.09 Å². The second-order valence-corrected chi connectivity index (χ2v) is 17.6. The van der Waals surface area contributed by atoms with Crippen molar-refractivity contribution in [1.82, 2.24) is 25.2 Å². The molecule has 4 amide bonds. The number of carbonyl (C=O) groups excluding carboxylic acids is 5. The topological polar surface area (TPSA) is 199 Å². The summed E-state index contributed by atoms with van der Waals surface area (Å²) in [6, 6.07) is 13.4. The number of nitrogens with one attached hydrogen (secondary N) is 3. The Labute approximate surface area is 337 Å². The molecule has 3 aliphatic rings. The first kappa shape index (κ1) is 41.7. The second kappa shape index (κ2) is 16.9. The maximum atomic E-state index is 14.6. The van der Waals surface area contributed by atoms with Gasteiger partial charge in [-0.1, -0.05) is 30.2 Å². The molecule has 2 heterocycles. The molecule has 0 radical (unpaired) electrons. The van der Waals surface area contributed by atoms with Crippen molar-refractivity contribution in [2.45, 2.75) is 93.9 Å². The summed E-state index contributed by atoms with van der Waals surface area (Å²) < 4.78 is 44.8. The van der Waals surface area contributed by atoms with Gasteiger partial charge in [-0.25, -0.2) is 18.2 Å². The Morgan fingerprint density at radius 2 is 1.83 bits per heavy atom. The van der Waals surface area contributed by atoms with Crippen LogP contribution in [-0.2, 0) is 33.9 Å². The maximum Gasteiger partial charge on any atom is 0.408 e. The van der Waals surface area contributed by atoms with Crippen molar-refractivity contribution < 1.29 is 46.6 Å². The van der Waals surface area contributed by atoms with Crippen molar-refractivity contribution in [3.63, 3.8) is 0 Å². The number of pyridine rings is 1. The number of hydrogen-bond donors (Lipinski definition) is 3. The number of alkyl carbamates (subject to hydrolysis) is 1. The Bertz CT molecular complexity index is 2280. The average Bonchev–Trinajstić information content (AvgIpc) is 4.11. The van der Waals surface area contributed by atoms with Gasteiger partial charge in [0.1, 0.15) is 35.1 Å². The lowest BCUT2D eigenvalue weighted by molar-refractivity contribution is -0.141. The summed E-state index contributed by atoms with van der Waals surface area (Å²) in [6.45, 7) is 8.57. The predicted molar refractivity (Wildman–Crippen MR) is 213 cm³/mol. The maximum absolute atomic E-state index is 14.6. The predicted octanol–water partition coefficient (Wildman–Crippen LogP) is 3.56. The van der Waals surface area contributed by atoms with Gasteiger partial charge in [0.2, 0.25) is 33.5 Å². The lowest BCUT2D eigenvalue weighted by Gasteiger charge is -2.30. The van der Waals surface area contributed by atoms with E-state index in [1.54, 1.807) is 76.5 Å². The standard InChI is InChI=1S/C42H47N5O10S/c1-6-28-24-42(28,39(51)46-58(53,54)32-16-17-32)45-36(49)35-23-31(56-37-33-18-15-30(55-5)22-27(33)20-21-43-37)25-47(35)38(50)34(44-40(52)57-41(2,3)4)19-14-29(48)13-12-26-10-8-7-9-11-26/h6-11,15,18,20-22,28,31-32,34-35H,1,14,16-17,19,23-25H2,2-5H3,(H,44,52)(H,45,49)(H,46,51)/t28-,31-,34+,35+,42-/m1/s1. The number of nitrogens with zero attached hydrogens (tertiary/aromatic N) is 2. The van der Waals surface area contributed by atoms with Gasteiger partial charge in [-0.2, -0.15) is 0 Å². The van der Waals surface area contributed by atoms with E-state index in [9.17, 15) is 32.4 Å². The molecule has 15 nitrogen and oxygen atoms in total. The fourth-order valence-electron chi connectivity index (χ4n) is 6.81. The van der Waals surface area contributed by atoms with E-state index < -0.39 is 80.1 Å². The van der Waals surface area contributed by atoms with Crippen LogP contribution in [0.5, 0.6) is 11.6 Å². The number of hydrogen-bond acceptors (Lipinski definition) is 11. The SMILES string of the molecule is C=C[C@@H]1C[C@]1(NC(=O)[C@@H]1C[C@@H](Oc2nccc3cc(OC)ccc23)CN1C(=O)[C@H](CCC(=O)C#Cc1ccccc1)NC(=O)OC(C)(C)C)C(=O)NS(=O)(=O)C1CC1. The summed E-state index contributed by atoms with van der Waals surface area (Å²) in [5, 5.41) is 6.06. The molecule has 2 saturated carbocycles. The van der Waals surface area contributed by atoms with Crippen LogP contribution in [-0.4, -0.2) is 96.1 Å². The van der Waals surface area contributed by atoms with E-state index in [0.717, 1.165) is 5.39 Å². The molecule has 5 atom stereocenters. The molecule has 1 saturated heterocycles. The Morgan fingerprint density at radius 1 is 1.09 bits per heavy atom.